The van der Waals surface area contributed by atoms with Crippen molar-refractivity contribution >= 4 is 85.7 Å². The van der Waals surface area contributed by atoms with Gasteiger partial charge in [0, 0.05) is 40.6 Å². The summed E-state index contributed by atoms with van der Waals surface area (Å²) in [5.41, 5.74) is 7.09. The number of rotatable bonds is 24. The average molecular weight is 971 g/mol. The monoisotopic (exact) mass is 970 g/mol. The van der Waals surface area contributed by atoms with E-state index in [2.05, 4.69) is 97.6 Å². The first-order valence-electron chi connectivity index (χ1n) is 23.8. The number of thioether (sulfide) groups is 1. The molecule has 1 fully saturated rings. The minimum Gasteiger partial charge on any atom is -0.494 e. The Morgan fingerprint density at radius 3 is 1.76 bits per heavy atom. The summed E-state index contributed by atoms with van der Waals surface area (Å²) in [4.78, 5) is 39.4. The lowest BCUT2D eigenvalue weighted by molar-refractivity contribution is -0.140. The fourth-order valence-electron chi connectivity index (χ4n) is 8.37. The molecule has 4 aromatic carbocycles. The highest BCUT2D eigenvalue weighted by atomic mass is 32.2. The second-order valence-corrected chi connectivity index (χ2v) is 19.6. The van der Waals surface area contributed by atoms with Crippen LogP contribution in [-0.2, 0) is 9.59 Å². The maximum absolute atomic E-state index is 13.2. The Bertz CT molecular complexity index is 2640. The van der Waals surface area contributed by atoms with Crippen molar-refractivity contribution in [1.82, 2.24) is 14.9 Å². The van der Waals surface area contributed by atoms with E-state index in [4.69, 9.17) is 41.1 Å². The summed E-state index contributed by atoms with van der Waals surface area (Å²) in [5, 5.41) is 9.34. The molecule has 354 valence electrons. The van der Waals surface area contributed by atoms with Crippen LogP contribution in [0.1, 0.15) is 95.8 Å². The zero-order chi connectivity index (χ0) is 47.2. The second kappa shape index (κ2) is 23.9. The van der Waals surface area contributed by atoms with Crippen molar-refractivity contribution in [3.05, 3.63) is 107 Å². The molecule has 2 aliphatic rings. The van der Waals surface area contributed by atoms with Gasteiger partial charge in [0.1, 0.15) is 35.6 Å². The van der Waals surface area contributed by atoms with E-state index in [-0.39, 0.29) is 4.32 Å². The van der Waals surface area contributed by atoms with Crippen molar-refractivity contribution < 1.29 is 33.6 Å². The van der Waals surface area contributed by atoms with Gasteiger partial charge < -0.3 is 29.0 Å². The van der Waals surface area contributed by atoms with E-state index >= 15 is 0 Å². The van der Waals surface area contributed by atoms with E-state index in [0.717, 1.165) is 85.1 Å². The standard InChI is InChI=1S/C54H58N4O7S3/c1-3-5-7-9-11-13-31-62-41-23-19-39(20-24-41)58(40-21-25-42(26-22-40)63-32-14-12-10-8-6-4-2)38-17-15-37(16-18-38)43-27-28-44(49-48(43)55-29-30-56-49)52-51-50(64-33-34-65-51)45(67-52)35-46-53(61)57(36-47(59)60)54(66)68-46/h15-30,35H,3-14,31-34,36H2,1-2H3,(H,59,60)/b46-35+. The van der Waals surface area contributed by atoms with Gasteiger partial charge in [0.15, 0.2) is 11.5 Å². The van der Waals surface area contributed by atoms with Crippen LogP contribution in [0.2, 0.25) is 0 Å². The first kappa shape index (κ1) is 48.5. The van der Waals surface area contributed by atoms with Crippen molar-refractivity contribution in [2.45, 2.75) is 90.9 Å². The van der Waals surface area contributed by atoms with Gasteiger partial charge in [-0.2, -0.15) is 0 Å². The third-order valence-corrected chi connectivity index (χ3v) is 14.4. The number of thiophene rings is 1. The summed E-state index contributed by atoms with van der Waals surface area (Å²) in [6.45, 7) is 6.10. The topological polar surface area (TPSA) is 124 Å². The summed E-state index contributed by atoms with van der Waals surface area (Å²) in [6, 6.07) is 29.2. The van der Waals surface area contributed by atoms with Gasteiger partial charge in [-0.15, -0.1) is 11.3 Å². The van der Waals surface area contributed by atoms with Gasteiger partial charge in [0.2, 0.25) is 0 Å². The van der Waals surface area contributed by atoms with E-state index < -0.39 is 18.4 Å². The number of carbonyl (C=O) groups excluding carboxylic acids is 1. The molecule has 0 unspecified atom stereocenters. The molecule has 1 N–H and O–H groups in total. The van der Waals surface area contributed by atoms with Gasteiger partial charge in [-0.1, -0.05) is 126 Å². The number of unbranched alkanes of at least 4 members (excludes halogenated alkanes) is 10. The summed E-state index contributed by atoms with van der Waals surface area (Å²) in [5.74, 6) is 1.21. The van der Waals surface area contributed by atoms with Crippen LogP contribution in [0.4, 0.5) is 17.1 Å². The van der Waals surface area contributed by atoms with E-state index in [9.17, 15) is 14.7 Å². The SMILES string of the molecule is CCCCCCCCOc1ccc(N(c2ccc(OCCCCCCCC)cc2)c2ccc(-c3ccc(-c4sc(/C=C5/SC(=S)N(CC(=O)O)C5=O)c5c4OCCO5)c4nccnc34)cc2)cc1. The lowest BCUT2D eigenvalue weighted by Gasteiger charge is -2.26. The number of thiocarbonyl (C=S) groups is 1. The van der Waals surface area contributed by atoms with Crippen LogP contribution >= 0.6 is 35.3 Å². The Hall–Kier alpha value is -5.96. The molecule has 11 nitrogen and oxygen atoms in total. The summed E-state index contributed by atoms with van der Waals surface area (Å²) >= 11 is 7.82. The Kier molecular flexibility index (Phi) is 17.0. The Morgan fingerprint density at radius 1 is 0.706 bits per heavy atom. The van der Waals surface area contributed by atoms with Crippen molar-refractivity contribution in [2.24, 2.45) is 0 Å². The average Bonchev–Trinajstić information content (AvgIpc) is 3.85. The predicted molar refractivity (Wildman–Crippen MR) is 279 cm³/mol. The largest absolute Gasteiger partial charge is 0.494 e. The van der Waals surface area contributed by atoms with Crippen molar-refractivity contribution in [3.8, 4) is 44.6 Å². The van der Waals surface area contributed by atoms with Gasteiger partial charge in [-0.05, 0) is 85.1 Å². The molecule has 68 heavy (non-hydrogen) atoms. The molecule has 0 bridgehead atoms. The minimum absolute atomic E-state index is 0.195. The normalized spacial score (nSPS) is 14.0. The van der Waals surface area contributed by atoms with Crippen LogP contribution in [0.15, 0.2) is 102 Å². The number of nitrogens with zero attached hydrogens (tertiary/aromatic N) is 4. The van der Waals surface area contributed by atoms with Crippen LogP contribution in [0.3, 0.4) is 0 Å². The fourth-order valence-corrected chi connectivity index (χ4v) is 10.8. The predicted octanol–water partition coefficient (Wildman–Crippen LogP) is 14.0. The number of hydrogen-bond donors (Lipinski definition) is 1. The first-order valence-corrected chi connectivity index (χ1v) is 25.9. The number of benzene rings is 4. The fraction of sp³-hybridized carbons (Fsp3) is 0.352. The van der Waals surface area contributed by atoms with Crippen molar-refractivity contribution in [2.75, 3.05) is 37.9 Å². The summed E-state index contributed by atoms with van der Waals surface area (Å²) in [6.07, 6.45) is 19.7. The highest BCUT2D eigenvalue weighted by Gasteiger charge is 2.35. The molecule has 0 spiro atoms. The minimum atomic E-state index is -1.14. The molecule has 0 saturated carbocycles. The summed E-state index contributed by atoms with van der Waals surface area (Å²) < 4.78 is 24.9. The van der Waals surface area contributed by atoms with E-state index in [1.807, 2.05) is 6.07 Å². The molecule has 0 aliphatic carbocycles. The zero-order valence-electron chi connectivity index (χ0n) is 38.7. The number of fused-ring (bicyclic) bond motifs is 2. The number of amides is 1. The number of aliphatic carboxylic acids is 1. The van der Waals surface area contributed by atoms with E-state index in [1.54, 1.807) is 18.5 Å². The third kappa shape index (κ3) is 11.8. The molecule has 0 radical (unpaired) electrons. The quantitative estimate of drug-likeness (QED) is 0.0353. The van der Waals surface area contributed by atoms with Crippen LogP contribution < -0.4 is 23.8 Å². The number of carboxylic acids is 1. The number of carbonyl (C=O) groups is 2. The molecule has 14 heteroatoms. The van der Waals surface area contributed by atoms with Gasteiger partial charge in [0.25, 0.3) is 5.91 Å². The Morgan fingerprint density at radius 2 is 1.21 bits per heavy atom. The highest BCUT2D eigenvalue weighted by Crippen LogP contribution is 2.52. The lowest BCUT2D eigenvalue weighted by atomic mass is 9.99. The maximum atomic E-state index is 13.2. The first-order chi connectivity index (χ1) is 33.3. The number of anilines is 3. The molecule has 2 aliphatic heterocycles. The molecule has 2 aromatic heterocycles. The Labute approximate surface area is 412 Å². The van der Waals surface area contributed by atoms with Crippen molar-refractivity contribution in [1.29, 1.82) is 0 Å². The number of hydrogen-bond acceptors (Lipinski definition) is 12. The third-order valence-electron chi connectivity index (χ3n) is 11.9. The number of aromatic nitrogens is 2. The summed E-state index contributed by atoms with van der Waals surface area (Å²) in [7, 11) is 0. The molecule has 6 aromatic rings. The van der Waals surface area contributed by atoms with E-state index in [1.165, 1.54) is 75.5 Å². The Balaban J connectivity index is 1.06. The highest BCUT2D eigenvalue weighted by molar-refractivity contribution is 8.26. The number of carboxylic acid groups (broad SMARTS) is 1. The molecule has 4 heterocycles. The molecular formula is C54H58N4O7S3. The van der Waals surface area contributed by atoms with Gasteiger partial charge in [-0.25, -0.2) is 0 Å². The van der Waals surface area contributed by atoms with Gasteiger partial charge in [-0.3, -0.25) is 24.5 Å². The van der Waals surface area contributed by atoms with Crippen LogP contribution in [0.25, 0.3) is 38.7 Å². The van der Waals surface area contributed by atoms with Gasteiger partial charge in [0.05, 0.1) is 38.9 Å². The lowest BCUT2D eigenvalue weighted by Crippen LogP contribution is -2.33. The smallest absolute Gasteiger partial charge is 0.323 e. The number of ether oxygens (including phenoxy) is 4. The van der Waals surface area contributed by atoms with Crippen molar-refractivity contribution in [3.63, 3.8) is 0 Å². The molecule has 1 amide bonds. The van der Waals surface area contributed by atoms with Gasteiger partial charge >= 0.3 is 5.97 Å². The van der Waals surface area contributed by atoms with E-state index in [0.29, 0.717) is 53.2 Å². The molecule has 0 atom stereocenters. The molecule has 8 rings (SSSR count). The molecule has 1 saturated heterocycles. The molecular weight excluding hydrogens is 913 g/mol. The van der Waals surface area contributed by atoms with Crippen LogP contribution in [0, 0.1) is 0 Å². The zero-order valence-corrected chi connectivity index (χ0v) is 41.2. The second-order valence-electron chi connectivity index (χ2n) is 16.8. The van der Waals surface area contributed by atoms with Crippen LogP contribution in [-0.4, -0.2) is 69.1 Å². The van der Waals surface area contributed by atoms with Crippen LogP contribution in [0.5, 0.6) is 23.0 Å². The maximum Gasteiger partial charge on any atom is 0.323 e.